The van der Waals surface area contributed by atoms with E-state index in [0.717, 1.165) is 0 Å². The summed E-state index contributed by atoms with van der Waals surface area (Å²) >= 11 is 0. The van der Waals surface area contributed by atoms with Gasteiger partial charge in [0.2, 0.25) is 0 Å². The molecule has 0 heterocycles. The van der Waals surface area contributed by atoms with Crippen molar-refractivity contribution in [2.75, 3.05) is 18.5 Å². The summed E-state index contributed by atoms with van der Waals surface area (Å²) in [5.74, 6) is -0.645. The number of ether oxygens (including phenoxy) is 2. The van der Waals surface area contributed by atoms with Crippen molar-refractivity contribution in [3.63, 3.8) is 0 Å². The summed E-state index contributed by atoms with van der Waals surface area (Å²) in [6, 6.07) is 17.5. The predicted octanol–water partition coefficient (Wildman–Crippen LogP) is 3.17. The molecule has 1 amide bonds. The van der Waals surface area contributed by atoms with E-state index in [-0.39, 0.29) is 18.8 Å². The molecule has 0 unspecified atom stereocenters. The van der Waals surface area contributed by atoms with Gasteiger partial charge in [0.15, 0.2) is 6.61 Å². The lowest BCUT2D eigenvalue weighted by molar-refractivity contribution is -0.145. The lowest BCUT2D eigenvalue weighted by atomic mass is 10.1. The summed E-state index contributed by atoms with van der Waals surface area (Å²) in [5.41, 5.74) is 1.02. The minimum atomic E-state index is -0.529. The molecule has 0 saturated carbocycles. The van der Waals surface area contributed by atoms with Crippen LogP contribution in [0.5, 0.6) is 5.75 Å². The van der Waals surface area contributed by atoms with E-state index in [1.807, 2.05) is 12.1 Å². The van der Waals surface area contributed by atoms with Gasteiger partial charge in [-0.25, -0.2) is 4.79 Å². The van der Waals surface area contributed by atoms with E-state index < -0.39 is 11.9 Å². The molecule has 0 bridgehead atoms. The van der Waals surface area contributed by atoms with Crippen molar-refractivity contribution in [2.45, 2.75) is 6.92 Å². The largest absolute Gasteiger partial charge is 0.481 e. The van der Waals surface area contributed by atoms with Crippen molar-refractivity contribution in [3.8, 4) is 11.8 Å². The molecule has 6 heteroatoms. The summed E-state index contributed by atoms with van der Waals surface area (Å²) < 4.78 is 10.2. The average Bonchev–Trinajstić information content (AvgIpc) is 2.66. The summed E-state index contributed by atoms with van der Waals surface area (Å²) in [6.07, 6.45) is 1.42. The van der Waals surface area contributed by atoms with Crippen molar-refractivity contribution in [2.24, 2.45) is 0 Å². The number of amides is 1. The molecular weight excluding hydrogens is 332 g/mol. The number of nitriles is 1. The Morgan fingerprint density at radius 1 is 1.12 bits per heavy atom. The van der Waals surface area contributed by atoms with Crippen molar-refractivity contribution in [1.29, 1.82) is 5.26 Å². The third-order valence-electron chi connectivity index (χ3n) is 3.27. The maximum atomic E-state index is 12.3. The Bertz CT molecular complexity index is 838. The van der Waals surface area contributed by atoms with Gasteiger partial charge < -0.3 is 14.8 Å². The molecule has 1 N–H and O–H groups in total. The third-order valence-corrected chi connectivity index (χ3v) is 3.27. The van der Waals surface area contributed by atoms with Gasteiger partial charge in [-0.2, -0.15) is 5.26 Å². The molecule has 2 aromatic rings. The first-order valence-corrected chi connectivity index (χ1v) is 7.99. The molecule has 0 aliphatic rings. The molecule has 2 rings (SSSR count). The second-order valence-electron chi connectivity index (χ2n) is 5.12. The lowest BCUT2D eigenvalue weighted by Gasteiger charge is -2.09. The van der Waals surface area contributed by atoms with E-state index in [9.17, 15) is 14.9 Å². The fourth-order valence-corrected chi connectivity index (χ4v) is 2.09. The van der Waals surface area contributed by atoms with Gasteiger partial charge in [-0.1, -0.05) is 36.4 Å². The highest BCUT2D eigenvalue weighted by Crippen LogP contribution is 2.21. The zero-order valence-corrected chi connectivity index (χ0v) is 14.3. The number of esters is 1. The molecule has 0 fully saturated rings. The fourth-order valence-electron chi connectivity index (χ4n) is 2.09. The van der Waals surface area contributed by atoms with Crippen molar-refractivity contribution >= 4 is 23.6 Å². The number of hydrogen-bond acceptors (Lipinski definition) is 5. The average molecular weight is 350 g/mol. The van der Waals surface area contributed by atoms with Crippen LogP contribution < -0.4 is 10.1 Å². The second kappa shape index (κ2) is 9.64. The molecule has 0 spiro atoms. The molecule has 0 radical (unpaired) electrons. The van der Waals surface area contributed by atoms with Crippen LogP contribution in [0, 0.1) is 11.3 Å². The summed E-state index contributed by atoms with van der Waals surface area (Å²) in [6.45, 7) is 1.72. The molecule has 0 atom stereocenters. The van der Waals surface area contributed by atoms with Crippen LogP contribution in [-0.2, 0) is 14.3 Å². The highest BCUT2D eigenvalue weighted by molar-refractivity contribution is 6.09. The van der Waals surface area contributed by atoms with Crippen LogP contribution in [0.25, 0.3) is 6.08 Å². The van der Waals surface area contributed by atoms with Gasteiger partial charge in [0.25, 0.3) is 5.91 Å². The number of rotatable bonds is 7. The van der Waals surface area contributed by atoms with Gasteiger partial charge >= 0.3 is 5.97 Å². The van der Waals surface area contributed by atoms with Crippen LogP contribution in [0.3, 0.4) is 0 Å². The minimum absolute atomic E-state index is 0.0824. The monoisotopic (exact) mass is 350 g/mol. The van der Waals surface area contributed by atoms with Crippen molar-refractivity contribution in [3.05, 3.63) is 65.7 Å². The highest BCUT2D eigenvalue weighted by Gasteiger charge is 2.12. The zero-order chi connectivity index (χ0) is 18.8. The normalized spacial score (nSPS) is 10.5. The Balaban J connectivity index is 2.16. The second-order valence-corrected chi connectivity index (χ2v) is 5.12. The zero-order valence-electron chi connectivity index (χ0n) is 14.3. The number of hydrogen-bond donors (Lipinski definition) is 1. The highest BCUT2D eigenvalue weighted by atomic mass is 16.6. The van der Waals surface area contributed by atoms with E-state index in [2.05, 4.69) is 5.32 Å². The van der Waals surface area contributed by atoms with E-state index in [1.165, 1.54) is 6.08 Å². The molecule has 0 aliphatic heterocycles. The molecule has 0 saturated heterocycles. The van der Waals surface area contributed by atoms with Crippen molar-refractivity contribution < 1.29 is 19.1 Å². The maximum absolute atomic E-state index is 12.3. The number of carbonyl (C=O) groups excluding carboxylic acids is 2. The summed E-state index contributed by atoms with van der Waals surface area (Å²) in [7, 11) is 0. The molecule has 26 heavy (non-hydrogen) atoms. The Morgan fingerprint density at radius 3 is 2.50 bits per heavy atom. The minimum Gasteiger partial charge on any atom is -0.481 e. The first-order chi connectivity index (χ1) is 12.6. The maximum Gasteiger partial charge on any atom is 0.344 e. The van der Waals surface area contributed by atoms with E-state index >= 15 is 0 Å². The van der Waals surface area contributed by atoms with Crippen LogP contribution in [0.15, 0.2) is 60.2 Å². The molecule has 6 nitrogen and oxygen atoms in total. The van der Waals surface area contributed by atoms with Crippen LogP contribution >= 0.6 is 0 Å². The van der Waals surface area contributed by atoms with Gasteiger partial charge in [0.05, 0.1) is 6.61 Å². The fraction of sp³-hybridized carbons (Fsp3) is 0.150. The standard InChI is InChI=1S/C20H18N2O4/c1-2-25-19(23)14-26-18-11-7-6-8-15(18)12-16(13-21)20(24)22-17-9-4-3-5-10-17/h3-12H,2,14H2,1H3,(H,22,24)/b16-12+. The van der Waals surface area contributed by atoms with Crippen LogP contribution in [0.2, 0.25) is 0 Å². The smallest absolute Gasteiger partial charge is 0.344 e. The van der Waals surface area contributed by atoms with Gasteiger partial charge in [0.1, 0.15) is 17.4 Å². The predicted molar refractivity (Wildman–Crippen MR) is 97.2 cm³/mol. The topological polar surface area (TPSA) is 88.4 Å². The summed E-state index contributed by atoms with van der Waals surface area (Å²) in [5, 5.41) is 12.0. The van der Waals surface area contributed by atoms with Crippen molar-refractivity contribution in [1.82, 2.24) is 0 Å². The molecule has 0 aliphatic carbocycles. The van der Waals surface area contributed by atoms with E-state index in [1.54, 1.807) is 55.5 Å². The van der Waals surface area contributed by atoms with Gasteiger partial charge in [-0.05, 0) is 31.2 Å². The Kier molecular flexibility index (Phi) is 6.95. The Morgan fingerprint density at radius 2 is 1.81 bits per heavy atom. The van der Waals surface area contributed by atoms with Gasteiger partial charge in [-0.15, -0.1) is 0 Å². The quantitative estimate of drug-likeness (QED) is 0.471. The SMILES string of the molecule is CCOC(=O)COc1ccccc1/C=C(\C#N)C(=O)Nc1ccccc1. The first kappa shape index (κ1) is 18.7. The lowest BCUT2D eigenvalue weighted by Crippen LogP contribution is -2.15. The van der Waals surface area contributed by atoms with Crippen LogP contribution in [0.4, 0.5) is 5.69 Å². The summed E-state index contributed by atoms with van der Waals surface area (Å²) in [4.78, 5) is 23.7. The number of nitrogens with zero attached hydrogens (tertiary/aromatic N) is 1. The number of anilines is 1. The molecule has 132 valence electrons. The van der Waals surface area contributed by atoms with Gasteiger partial charge in [-0.3, -0.25) is 4.79 Å². The van der Waals surface area contributed by atoms with E-state index in [0.29, 0.717) is 17.0 Å². The number of nitrogens with one attached hydrogen (secondary N) is 1. The Labute approximate surface area is 151 Å². The molecule has 2 aromatic carbocycles. The molecule has 0 aromatic heterocycles. The van der Waals surface area contributed by atoms with Gasteiger partial charge in [0, 0.05) is 11.3 Å². The number of para-hydroxylation sites is 2. The van der Waals surface area contributed by atoms with Crippen LogP contribution in [0.1, 0.15) is 12.5 Å². The number of benzene rings is 2. The third kappa shape index (κ3) is 5.49. The molecular formula is C20H18N2O4. The van der Waals surface area contributed by atoms with E-state index in [4.69, 9.17) is 9.47 Å². The first-order valence-electron chi connectivity index (χ1n) is 7.99. The van der Waals surface area contributed by atoms with Crippen LogP contribution in [-0.4, -0.2) is 25.1 Å². The number of carbonyl (C=O) groups is 2. The Hall–Kier alpha value is -3.59.